The molecule has 0 unspecified atom stereocenters. The van der Waals surface area contributed by atoms with E-state index in [1.165, 1.54) is 18.4 Å². The fourth-order valence-corrected chi connectivity index (χ4v) is 2.48. The zero-order valence-corrected chi connectivity index (χ0v) is 15.8. The smallest absolute Gasteiger partial charge is 0.185 e. The molecule has 6 heteroatoms. The molecular weight excluding hydrogens is 324 g/mol. The number of hydrogen-bond acceptors (Lipinski definition) is 2. The molecule has 23 heavy (non-hydrogen) atoms. The standard InChI is InChI=1S/C17H28N4S2/c1-13(2)8-7-9-14(3)19-17(23)21-20-16(22)18-12-15-10-5-4-6-11-15/h4-6,10-11,13-14H,7-9,12H2,1-3H3,(H2,18,20,22)(H2,19,21,23)/t14-/m0/s1. The van der Waals surface area contributed by atoms with Crippen LogP contribution in [0.1, 0.15) is 45.6 Å². The summed E-state index contributed by atoms with van der Waals surface area (Å²) in [5, 5.41) is 7.46. The van der Waals surface area contributed by atoms with Crippen molar-refractivity contribution in [3.8, 4) is 0 Å². The molecule has 1 atom stereocenters. The van der Waals surface area contributed by atoms with Crippen LogP contribution in [-0.2, 0) is 6.54 Å². The topological polar surface area (TPSA) is 48.1 Å². The highest BCUT2D eigenvalue weighted by Gasteiger charge is 2.05. The molecule has 128 valence electrons. The van der Waals surface area contributed by atoms with Crippen molar-refractivity contribution in [1.29, 1.82) is 0 Å². The first-order chi connectivity index (χ1) is 11.0. The maximum Gasteiger partial charge on any atom is 0.185 e. The van der Waals surface area contributed by atoms with Crippen LogP contribution in [0.15, 0.2) is 30.3 Å². The molecule has 0 bridgehead atoms. The van der Waals surface area contributed by atoms with Crippen molar-refractivity contribution < 1.29 is 0 Å². The third-order valence-corrected chi connectivity index (χ3v) is 3.85. The van der Waals surface area contributed by atoms with E-state index in [2.05, 4.69) is 42.3 Å². The molecule has 4 N–H and O–H groups in total. The third kappa shape index (κ3) is 10.1. The van der Waals surface area contributed by atoms with Crippen molar-refractivity contribution in [2.24, 2.45) is 5.92 Å². The predicted molar refractivity (Wildman–Crippen MR) is 106 cm³/mol. The van der Waals surface area contributed by atoms with E-state index in [1.54, 1.807) is 0 Å². The summed E-state index contributed by atoms with van der Waals surface area (Å²) in [6, 6.07) is 10.5. The molecular formula is C17H28N4S2. The minimum atomic E-state index is 0.349. The number of rotatable bonds is 7. The molecule has 0 fully saturated rings. The largest absolute Gasteiger partial charge is 0.359 e. The summed E-state index contributed by atoms with van der Waals surface area (Å²) < 4.78 is 0. The Bertz CT molecular complexity index is 477. The number of thiocarbonyl (C=S) groups is 2. The lowest BCUT2D eigenvalue weighted by Crippen LogP contribution is -2.51. The molecule has 0 aromatic heterocycles. The van der Waals surface area contributed by atoms with Gasteiger partial charge in [-0.15, -0.1) is 0 Å². The normalized spacial score (nSPS) is 11.7. The summed E-state index contributed by atoms with van der Waals surface area (Å²) >= 11 is 10.5. The highest BCUT2D eigenvalue weighted by atomic mass is 32.1. The Morgan fingerprint density at radius 2 is 1.61 bits per heavy atom. The summed E-state index contributed by atoms with van der Waals surface area (Å²) in [6.07, 6.45) is 3.56. The molecule has 0 amide bonds. The Hall–Kier alpha value is -1.40. The highest BCUT2D eigenvalue weighted by Crippen LogP contribution is 2.07. The zero-order valence-electron chi connectivity index (χ0n) is 14.2. The van der Waals surface area contributed by atoms with Crippen LogP contribution in [0, 0.1) is 5.92 Å². The first kappa shape index (κ1) is 19.6. The number of nitrogens with one attached hydrogen (secondary N) is 4. The van der Waals surface area contributed by atoms with Crippen LogP contribution in [0.4, 0.5) is 0 Å². The zero-order chi connectivity index (χ0) is 17.1. The molecule has 0 aliphatic rings. The van der Waals surface area contributed by atoms with Gasteiger partial charge in [0.05, 0.1) is 0 Å². The Morgan fingerprint density at radius 1 is 0.957 bits per heavy atom. The molecule has 0 saturated carbocycles. The van der Waals surface area contributed by atoms with Crippen molar-refractivity contribution in [1.82, 2.24) is 21.5 Å². The van der Waals surface area contributed by atoms with Crippen LogP contribution in [0.2, 0.25) is 0 Å². The molecule has 0 radical (unpaired) electrons. The van der Waals surface area contributed by atoms with E-state index >= 15 is 0 Å². The molecule has 4 nitrogen and oxygen atoms in total. The van der Waals surface area contributed by atoms with Crippen molar-refractivity contribution in [2.75, 3.05) is 0 Å². The number of hydrazine groups is 1. The summed E-state index contributed by atoms with van der Waals surface area (Å²) in [5.41, 5.74) is 6.99. The first-order valence-corrected chi connectivity index (χ1v) is 8.93. The van der Waals surface area contributed by atoms with Gasteiger partial charge in [0.1, 0.15) is 0 Å². The number of benzene rings is 1. The lowest BCUT2D eigenvalue weighted by molar-refractivity contribution is 0.492. The van der Waals surface area contributed by atoms with Gasteiger partial charge in [-0.2, -0.15) is 0 Å². The Morgan fingerprint density at radius 3 is 2.26 bits per heavy atom. The SMILES string of the molecule is CC(C)CCC[C@H](C)NC(=S)NNC(=S)NCc1ccccc1. The van der Waals surface area contributed by atoms with E-state index < -0.39 is 0 Å². The second-order valence-electron chi connectivity index (χ2n) is 6.12. The van der Waals surface area contributed by atoms with Gasteiger partial charge in [0.15, 0.2) is 10.2 Å². The summed E-state index contributed by atoms with van der Waals surface area (Å²) in [7, 11) is 0. The van der Waals surface area contributed by atoms with Gasteiger partial charge in [-0.25, -0.2) is 0 Å². The predicted octanol–water partition coefficient (Wildman–Crippen LogP) is 3.24. The van der Waals surface area contributed by atoms with Gasteiger partial charge in [-0.05, 0) is 49.3 Å². The minimum absolute atomic E-state index is 0.349. The lowest BCUT2D eigenvalue weighted by atomic mass is 10.0. The van der Waals surface area contributed by atoms with Crippen molar-refractivity contribution in [3.05, 3.63) is 35.9 Å². The van der Waals surface area contributed by atoms with Gasteiger partial charge in [-0.3, -0.25) is 10.9 Å². The van der Waals surface area contributed by atoms with Gasteiger partial charge in [0, 0.05) is 12.6 Å². The molecule has 1 aromatic carbocycles. The third-order valence-electron chi connectivity index (χ3n) is 3.38. The van der Waals surface area contributed by atoms with Crippen LogP contribution in [0.25, 0.3) is 0 Å². The molecule has 0 aliphatic carbocycles. The maximum absolute atomic E-state index is 5.26. The average molecular weight is 353 g/mol. The first-order valence-electron chi connectivity index (χ1n) is 8.11. The van der Waals surface area contributed by atoms with Gasteiger partial charge >= 0.3 is 0 Å². The summed E-state index contributed by atoms with van der Waals surface area (Å²) in [4.78, 5) is 0. The van der Waals surface area contributed by atoms with Crippen LogP contribution in [0.5, 0.6) is 0 Å². The molecule has 0 spiro atoms. The van der Waals surface area contributed by atoms with Crippen molar-refractivity contribution >= 4 is 34.7 Å². The van der Waals surface area contributed by atoms with E-state index in [4.69, 9.17) is 24.4 Å². The second-order valence-corrected chi connectivity index (χ2v) is 6.93. The van der Waals surface area contributed by atoms with Crippen LogP contribution >= 0.6 is 24.4 Å². The molecule has 0 heterocycles. The van der Waals surface area contributed by atoms with Crippen LogP contribution in [-0.4, -0.2) is 16.3 Å². The van der Waals surface area contributed by atoms with Gasteiger partial charge < -0.3 is 10.6 Å². The Labute approximate surface area is 150 Å². The maximum atomic E-state index is 5.26. The lowest BCUT2D eigenvalue weighted by Gasteiger charge is -2.18. The summed E-state index contributed by atoms with van der Waals surface area (Å²) in [5.74, 6) is 0.752. The minimum Gasteiger partial charge on any atom is -0.359 e. The van der Waals surface area contributed by atoms with Gasteiger partial charge in [0.25, 0.3) is 0 Å². The van der Waals surface area contributed by atoms with E-state index in [-0.39, 0.29) is 0 Å². The van der Waals surface area contributed by atoms with Gasteiger partial charge in [0.2, 0.25) is 0 Å². The van der Waals surface area contributed by atoms with Crippen LogP contribution in [0.3, 0.4) is 0 Å². The number of hydrogen-bond donors (Lipinski definition) is 4. The second kappa shape index (κ2) is 11.2. The Kier molecular flexibility index (Phi) is 9.55. The van der Waals surface area contributed by atoms with E-state index in [1.807, 2.05) is 30.3 Å². The molecule has 1 aromatic rings. The fraction of sp³-hybridized carbons (Fsp3) is 0.529. The fourth-order valence-electron chi connectivity index (χ4n) is 2.10. The summed E-state index contributed by atoms with van der Waals surface area (Å²) in [6.45, 7) is 7.32. The average Bonchev–Trinajstić information content (AvgIpc) is 2.51. The monoisotopic (exact) mass is 352 g/mol. The quantitative estimate of drug-likeness (QED) is 0.446. The Balaban J connectivity index is 2.13. The van der Waals surface area contributed by atoms with Crippen molar-refractivity contribution in [2.45, 2.75) is 52.6 Å². The highest BCUT2D eigenvalue weighted by molar-refractivity contribution is 7.80. The van der Waals surface area contributed by atoms with E-state index in [0.29, 0.717) is 22.8 Å². The van der Waals surface area contributed by atoms with Crippen molar-refractivity contribution in [3.63, 3.8) is 0 Å². The van der Waals surface area contributed by atoms with Crippen LogP contribution < -0.4 is 21.5 Å². The van der Waals surface area contributed by atoms with Gasteiger partial charge in [-0.1, -0.05) is 57.0 Å². The molecule has 0 saturated heterocycles. The molecule has 0 aliphatic heterocycles. The molecule has 1 rings (SSSR count). The van der Waals surface area contributed by atoms with E-state index in [9.17, 15) is 0 Å². The van der Waals surface area contributed by atoms with E-state index in [0.717, 1.165) is 12.3 Å².